The summed E-state index contributed by atoms with van der Waals surface area (Å²) >= 11 is 0. The van der Waals surface area contributed by atoms with Gasteiger partial charge in [-0.1, -0.05) is 71.6 Å². The summed E-state index contributed by atoms with van der Waals surface area (Å²) in [5, 5.41) is 0. The molecule has 0 N–H and O–H groups in total. The summed E-state index contributed by atoms with van der Waals surface area (Å²) in [7, 11) is -4.32. The van der Waals surface area contributed by atoms with E-state index in [1.165, 1.54) is 63.9 Å². The van der Waals surface area contributed by atoms with Crippen molar-refractivity contribution in [2.75, 3.05) is 0 Å². The van der Waals surface area contributed by atoms with Gasteiger partial charge in [0.2, 0.25) is 0 Å². The molecule has 0 aliphatic rings. The van der Waals surface area contributed by atoms with Crippen molar-refractivity contribution in [3.63, 3.8) is 0 Å². The summed E-state index contributed by atoms with van der Waals surface area (Å²) in [6.45, 7) is 4.75. The van der Waals surface area contributed by atoms with Gasteiger partial charge in [0.1, 0.15) is 28.2 Å². The maximum atomic E-state index is 10.8. The molecular weight excluding hydrogens is 352 g/mol. The Morgan fingerprint density at radius 1 is 0.923 bits per heavy atom. The average molecular weight is 388 g/mol. The molecule has 1 unspecified atom stereocenters. The van der Waals surface area contributed by atoms with Gasteiger partial charge in [-0.25, -0.2) is 8.42 Å². The summed E-state index contributed by atoms with van der Waals surface area (Å²) in [6.07, 6.45) is 13.4. The summed E-state index contributed by atoms with van der Waals surface area (Å²) in [6, 6.07) is 3.23. The molecule has 6 heteroatoms. The number of furan rings is 1. The lowest BCUT2D eigenvalue weighted by Gasteiger charge is -2.17. The third kappa shape index (κ3) is 11.7. The van der Waals surface area contributed by atoms with Crippen LogP contribution in [0.4, 0.5) is 0 Å². The van der Waals surface area contributed by atoms with Gasteiger partial charge in [0.25, 0.3) is 0 Å². The second kappa shape index (κ2) is 13.3. The monoisotopic (exact) mass is 387 g/mol. The zero-order chi connectivity index (χ0) is 19.3. The standard InChI is InChI=1S/C20H36O5S/c1-3-5-7-9-11-13-18(12-10-8-6-4-2)24-16-19-14-15-20(25-19)17-26(21,22)23/h14-15,18H,3-13,16-17H2,1-2H3,(H,21,22,23)/p-1. The molecule has 0 saturated carbocycles. The highest BCUT2D eigenvalue weighted by Crippen LogP contribution is 2.19. The minimum absolute atomic E-state index is 0.178. The van der Waals surface area contributed by atoms with E-state index in [0.717, 1.165) is 12.8 Å². The van der Waals surface area contributed by atoms with Crippen molar-refractivity contribution in [3.8, 4) is 0 Å². The maximum Gasteiger partial charge on any atom is 0.129 e. The molecule has 0 aliphatic heterocycles. The molecule has 0 aromatic carbocycles. The van der Waals surface area contributed by atoms with Crippen LogP contribution < -0.4 is 0 Å². The van der Waals surface area contributed by atoms with E-state index in [1.807, 2.05) is 0 Å². The van der Waals surface area contributed by atoms with Crippen molar-refractivity contribution in [1.82, 2.24) is 0 Å². The SMILES string of the molecule is CCCCCCCC(CCCCCC)OCc1ccc(CS(=O)(=O)[O-])o1. The molecule has 0 radical (unpaired) electrons. The third-order valence-corrected chi connectivity index (χ3v) is 5.15. The van der Waals surface area contributed by atoms with E-state index in [4.69, 9.17) is 9.15 Å². The summed E-state index contributed by atoms with van der Waals surface area (Å²) in [5.41, 5.74) is 0. The Morgan fingerprint density at radius 2 is 1.46 bits per heavy atom. The average Bonchev–Trinajstić information content (AvgIpc) is 3.01. The Balaban J connectivity index is 2.42. The van der Waals surface area contributed by atoms with Crippen molar-refractivity contribution in [3.05, 3.63) is 23.7 Å². The second-order valence-electron chi connectivity index (χ2n) is 7.06. The van der Waals surface area contributed by atoms with Crippen LogP contribution in [-0.2, 0) is 27.2 Å². The highest BCUT2D eigenvalue weighted by molar-refractivity contribution is 7.84. The van der Waals surface area contributed by atoms with E-state index in [2.05, 4.69) is 13.8 Å². The molecule has 0 saturated heterocycles. The Bertz CT molecular complexity index is 565. The number of rotatable bonds is 16. The fourth-order valence-electron chi connectivity index (χ4n) is 3.04. The number of ether oxygens (including phenoxy) is 1. The molecular formula is C20H35O5S-. The molecule has 0 amide bonds. The molecule has 152 valence electrons. The van der Waals surface area contributed by atoms with Gasteiger partial charge >= 0.3 is 0 Å². The van der Waals surface area contributed by atoms with Crippen LogP contribution >= 0.6 is 0 Å². The zero-order valence-electron chi connectivity index (χ0n) is 16.4. The van der Waals surface area contributed by atoms with Crippen molar-refractivity contribution in [1.29, 1.82) is 0 Å². The van der Waals surface area contributed by atoms with Gasteiger partial charge in [-0.3, -0.25) is 0 Å². The highest BCUT2D eigenvalue weighted by Gasteiger charge is 2.12. The first-order valence-electron chi connectivity index (χ1n) is 10.1. The summed E-state index contributed by atoms with van der Waals surface area (Å²) < 4.78 is 43.8. The predicted molar refractivity (Wildman–Crippen MR) is 103 cm³/mol. The minimum Gasteiger partial charge on any atom is -0.748 e. The van der Waals surface area contributed by atoms with Crippen LogP contribution in [0.25, 0.3) is 0 Å². The van der Waals surface area contributed by atoms with E-state index in [1.54, 1.807) is 6.07 Å². The van der Waals surface area contributed by atoms with Gasteiger partial charge in [0.05, 0.1) is 11.9 Å². The maximum absolute atomic E-state index is 10.8. The van der Waals surface area contributed by atoms with Gasteiger partial charge in [-0.2, -0.15) is 0 Å². The number of unbranched alkanes of at least 4 members (excludes halogenated alkanes) is 7. The topological polar surface area (TPSA) is 79.6 Å². The molecule has 0 bridgehead atoms. The second-order valence-corrected chi connectivity index (χ2v) is 8.46. The first-order valence-corrected chi connectivity index (χ1v) is 11.6. The Kier molecular flexibility index (Phi) is 11.9. The van der Waals surface area contributed by atoms with Gasteiger partial charge in [-0.05, 0) is 25.0 Å². The van der Waals surface area contributed by atoms with E-state index in [0.29, 0.717) is 12.4 Å². The molecule has 1 rings (SSSR count). The molecule has 26 heavy (non-hydrogen) atoms. The minimum atomic E-state index is -4.32. The van der Waals surface area contributed by atoms with Crippen LogP contribution in [0.2, 0.25) is 0 Å². The molecule has 1 aromatic rings. The molecule has 1 atom stereocenters. The van der Waals surface area contributed by atoms with Crippen molar-refractivity contribution >= 4 is 10.1 Å². The molecule has 0 spiro atoms. The lowest BCUT2D eigenvalue weighted by molar-refractivity contribution is 0.0171. The van der Waals surface area contributed by atoms with Crippen molar-refractivity contribution < 1.29 is 22.1 Å². The third-order valence-electron chi connectivity index (χ3n) is 4.51. The van der Waals surface area contributed by atoms with Gasteiger partial charge < -0.3 is 13.7 Å². The van der Waals surface area contributed by atoms with Crippen LogP contribution in [-0.4, -0.2) is 19.1 Å². The van der Waals surface area contributed by atoms with Crippen molar-refractivity contribution in [2.45, 2.75) is 103 Å². The molecule has 5 nitrogen and oxygen atoms in total. The smallest absolute Gasteiger partial charge is 0.129 e. The first-order chi connectivity index (χ1) is 12.4. The lowest BCUT2D eigenvalue weighted by atomic mass is 10.0. The number of hydrogen-bond acceptors (Lipinski definition) is 5. The van der Waals surface area contributed by atoms with E-state index in [-0.39, 0.29) is 11.9 Å². The van der Waals surface area contributed by atoms with Crippen LogP contribution in [0.15, 0.2) is 16.5 Å². The van der Waals surface area contributed by atoms with Crippen LogP contribution in [0.1, 0.15) is 96.0 Å². The summed E-state index contributed by atoms with van der Waals surface area (Å²) in [5.74, 6) is 0.149. The Labute approximate surface area is 159 Å². The van der Waals surface area contributed by atoms with Crippen LogP contribution in [0, 0.1) is 0 Å². The van der Waals surface area contributed by atoms with E-state index in [9.17, 15) is 13.0 Å². The normalized spacial score (nSPS) is 13.2. The Morgan fingerprint density at radius 3 is 2.04 bits per heavy atom. The Hall–Kier alpha value is -0.850. The van der Waals surface area contributed by atoms with Gasteiger partial charge in [0, 0.05) is 0 Å². The molecule has 0 fully saturated rings. The largest absolute Gasteiger partial charge is 0.748 e. The first kappa shape index (κ1) is 23.2. The van der Waals surface area contributed by atoms with Gasteiger partial charge in [0.15, 0.2) is 0 Å². The fraction of sp³-hybridized carbons (Fsp3) is 0.800. The summed E-state index contributed by atoms with van der Waals surface area (Å²) in [4.78, 5) is 0. The quantitative estimate of drug-likeness (QED) is 0.275. The molecule has 0 aliphatic carbocycles. The fourth-order valence-corrected chi connectivity index (χ4v) is 3.54. The van der Waals surface area contributed by atoms with E-state index < -0.39 is 15.9 Å². The van der Waals surface area contributed by atoms with Crippen molar-refractivity contribution in [2.24, 2.45) is 0 Å². The van der Waals surface area contributed by atoms with Gasteiger partial charge in [-0.15, -0.1) is 0 Å². The lowest BCUT2D eigenvalue weighted by Crippen LogP contribution is -2.13. The predicted octanol–water partition coefficient (Wildman–Crippen LogP) is 5.54. The van der Waals surface area contributed by atoms with Crippen LogP contribution in [0.3, 0.4) is 0 Å². The highest BCUT2D eigenvalue weighted by atomic mass is 32.2. The molecule has 1 aromatic heterocycles. The molecule has 1 heterocycles. The van der Waals surface area contributed by atoms with Crippen LogP contribution in [0.5, 0.6) is 0 Å². The zero-order valence-corrected chi connectivity index (χ0v) is 17.2. The van der Waals surface area contributed by atoms with E-state index >= 15 is 0 Å². The number of hydrogen-bond donors (Lipinski definition) is 0.